The molecule has 0 radical (unpaired) electrons. The molecule has 3 unspecified atom stereocenters. The minimum atomic E-state index is 0.176. The molecule has 1 saturated carbocycles. The Morgan fingerprint density at radius 1 is 1.32 bits per heavy atom. The van der Waals surface area contributed by atoms with E-state index in [4.69, 9.17) is 10.5 Å². The fourth-order valence-corrected chi connectivity index (χ4v) is 3.40. The molecule has 0 bridgehead atoms. The second-order valence-corrected chi connectivity index (χ2v) is 6.08. The first-order valence-electron chi connectivity index (χ1n) is 7.82. The van der Waals surface area contributed by atoms with E-state index in [9.17, 15) is 4.79 Å². The van der Waals surface area contributed by atoms with Crippen LogP contribution < -0.4 is 5.73 Å². The Balaban J connectivity index is 1.84. The van der Waals surface area contributed by atoms with Gasteiger partial charge >= 0.3 is 0 Å². The molecule has 0 aromatic carbocycles. The van der Waals surface area contributed by atoms with Crippen molar-refractivity contribution in [1.29, 1.82) is 0 Å². The summed E-state index contributed by atoms with van der Waals surface area (Å²) < 4.78 is 5.51. The summed E-state index contributed by atoms with van der Waals surface area (Å²) in [6.45, 7) is 5.39. The standard InChI is InChI=1S/C15H28N2O2/c1-2-19-11-12-5-4-8-17(10-12)15(18)13-6-3-7-14(16)9-13/h12-14H,2-11,16H2,1H3. The quantitative estimate of drug-likeness (QED) is 0.845. The molecule has 2 fully saturated rings. The Labute approximate surface area is 116 Å². The molecule has 0 aromatic heterocycles. The number of likely N-dealkylation sites (tertiary alicyclic amines) is 1. The first-order chi connectivity index (χ1) is 9.20. The zero-order valence-corrected chi connectivity index (χ0v) is 12.1. The Hall–Kier alpha value is -0.610. The van der Waals surface area contributed by atoms with Crippen molar-refractivity contribution in [2.45, 2.75) is 51.5 Å². The third kappa shape index (κ3) is 4.18. The molecule has 0 spiro atoms. The predicted octanol–water partition coefficient (Wildman–Crippen LogP) is 1.78. The Morgan fingerprint density at radius 2 is 2.16 bits per heavy atom. The van der Waals surface area contributed by atoms with Crippen molar-refractivity contribution < 1.29 is 9.53 Å². The lowest BCUT2D eigenvalue weighted by atomic mass is 9.84. The summed E-state index contributed by atoms with van der Waals surface area (Å²) >= 11 is 0. The molecule has 2 N–H and O–H groups in total. The molecule has 0 aromatic rings. The number of piperidine rings is 1. The summed E-state index contributed by atoms with van der Waals surface area (Å²) in [7, 11) is 0. The molecular weight excluding hydrogens is 240 g/mol. The van der Waals surface area contributed by atoms with Crippen molar-refractivity contribution in [3.8, 4) is 0 Å². The van der Waals surface area contributed by atoms with Gasteiger partial charge in [0.25, 0.3) is 0 Å². The van der Waals surface area contributed by atoms with Gasteiger partial charge in [0.15, 0.2) is 0 Å². The number of amides is 1. The molecule has 1 saturated heterocycles. The summed E-state index contributed by atoms with van der Waals surface area (Å²) in [4.78, 5) is 14.6. The molecule has 1 amide bonds. The van der Waals surface area contributed by atoms with Crippen LogP contribution in [0.15, 0.2) is 0 Å². The molecular formula is C15H28N2O2. The number of nitrogens with zero attached hydrogens (tertiary/aromatic N) is 1. The Kier molecular flexibility index (Phi) is 5.64. The normalized spacial score (nSPS) is 32.3. The van der Waals surface area contributed by atoms with Gasteiger partial charge in [0, 0.05) is 31.7 Å². The zero-order valence-electron chi connectivity index (χ0n) is 12.1. The highest BCUT2D eigenvalue weighted by atomic mass is 16.5. The van der Waals surface area contributed by atoms with Crippen molar-refractivity contribution in [2.24, 2.45) is 17.6 Å². The van der Waals surface area contributed by atoms with Crippen LogP contribution in [-0.2, 0) is 9.53 Å². The first kappa shape index (κ1) is 14.8. The molecule has 3 atom stereocenters. The second kappa shape index (κ2) is 7.25. The van der Waals surface area contributed by atoms with E-state index in [0.717, 1.165) is 58.4 Å². The van der Waals surface area contributed by atoms with Crippen molar-refractivity contribution >= 4 is 5.91 Å². The van der Waals surface area contributed by atoms with E-state index in [0.29, 0.717) is 11.8 Å². The molecule has 4 nitrogen and oxygen atoms in total. The Morgan fingerprint density at radius 3 is 2.89 bits per heavy atom. The smallest absolute Gasteiger partial charge is 0.225 e. The molecule has 1 aliphatic heterocycles. The lowest BCUT2D eigenvalue weighted by Crippen LogP contribution is -2.46. The Bertz CT molecular complexity index is 296. The highest BCUT2D eigenvalue weighted by Crippen LogP contribution is 2.27. The monoisotopic (exact) mass is 268 g/mol. The molecule has 2 rings (SSSR count). The van der Waals surface area contributed by atoms with Gasteiger partial charge in [0.05, 0.1) is 6.61 Å². The number of hydrogen-bond acceptors (Lipinski definition) is 3. The number of ether oxygens (including phenoxy) is 1. The van der Waals surface area contributed by atoms with Gasteiger partial charge in [-0.3, -0.25) is 4.79 Å². The summed E-state index contributed by atoms with van der Waals surface area (Å²) in [6.07, 6.45) is 6.39. The molecule has 110 valence electrons. The zero-order chi connectivity index (χ0) is 13.7. The summed E-state index contributed by atoms with van der Waals surface area (Å²) in [5.41, 5.74) is 5.99. The topological polar surface area (TPSA) is 55.6 Å². The number of carbonyl (C=O) groups excluding carboxylic acids is 1. The van der Waals surface area contributed by atoms with Crippen LogP contribution in [-0.4, -0.2) is 43.2 Å². The summed E-state index contributed by atoms with van der Waals surface area (Å²) in [5.74, 6) is 1.04. The third-order valence-corrected chi connectivity index (χ3v) is 4.45. The van der Waals surface area contributed by atoms with Gasteiger partial charge in [0.1, 0.15) is 0 Å². The molecule has 2 aliphatic rings. The van der Waals surface area contributed by atoms with E-state index in [1.807, 2.05) is 6.92 Å². The maximum atomic E-state index is 12.5. The minimum Gasteiger partial charge on any atom is -0.381 e. The molecule has 1 aliphatic carbocycles. The van der Waals surface area contributed by atoms with Crippen molar-refractivity contribution in [1.82, 2.24) is 4.90 Å². The van der Waals surface area contributed by atoms with Crippen molar-refractivity contribution in [3.05, 3.63) is 0 Å². The average molecular weight is 268 g/mol. The van der Waals surface area contributed by atoms with Gasteiger partial charge in [-0.2, -0.15) is 0 Å². The largest absolute Gasteiger partial charge is 0.381 e. The van der Waals surface area contributed by atoms with E-state index in [1.165, 1.54) is 6.42 Å². The minimum absolute atomic E-state index is 0.176. The van der Waals surface area contributed by atoms with Crippen LogP contribution in [0.25, 0.3) is 0 Å². The molecule has 4 heteroatoms. The van der Waals surface area contributed by atoms with Gasteiger partial charge in [0.2, 0.25) is 5.91 Å². The number of hydrogen-bond donors (Lipinski definition) is 1. The maximum Gasteiger partial charge on any atom is 0.225 e. The van der Waals surface area contributed by atoms with Gasteiger partial charge < -0.3 is 15.4 Å². The van der Waals surface area contributed by atoms with Crippen molar-refractivity contribution in [2.75, 3.05) is 26.3 Å². The van der Waals surface area contributed by atoms with Crippen LogP contribution in [0.4, 0.5) is 0 Å². The van der Waals surface area contributed by atoms with E-state index >= 15 is 0 Å². The lowest BCUT2D eigenvalue weighted by molar-refractivity contribution is -0.139. The summed E-state index contributed by atoms with van der Waals surface area (Å²) in [5, 5.41) is 0. The first-order valence-corrected chi connectivity index (χ1v) is 7.82. The van der Waals surface area contributed by atoms with Gasteiger partial charge in [-0.1, -0.05) is 6.42 Å². The van der Waals surface area contributed by atoms with Crippen molar-refractivity contribution in [3.63, 3.8) is 0 Å². The van der Waals surface area contributed by atoms with E-state index in [-0.39, 0.29) is 12.0 Å². The fourth-order valence-electron chi connectivity index (χ4n) is 3.40. The lowest BCUT2D eigenvalue weighted by Gasteiger charge is -2.36. The van der Waals surface area contributed by atoms with Crippen LogP contribution in [0.3, 0.4) is 0 Å². The van der Waals surface area contributed by atoms with Crippen LogP contribution >= 0.6 is 0 Å². The second-order valence-electron chi connectivity index (χ2n) is 6.08. The van der Waals surface area contributed by atoms with Crippen LogP contribution in [0.1, 0.15) is 45.4 Å². The highest BCUT2D eigenvalue weighted by molar-refractivity contribution is 5.79. The van der Waals surface area contributed by atoms with E-state index in [1.54, 1.807) is 0 Å². The van der Waals surface area contributed by atoms with Crippen LogP contribution in [0.5, 0.6) is 0 Å². The van der Waals surface area contributed by atoms with Gasteiger partial charge in [-0.25, -0.2) is 0 Å². The SMILES string of the molecule is CCOCC1CCCN(C(=O)C2CCCC(N)C2)C1. The van der Waals surface area contributed by atoms with Crippen LogP contribution in [0.2, 0.25) is 0 Å². The fraction of sp³-hybridized carbons (Fsp3) is 0.933. The summed E-state index contributed by atoms with van der Waals surface area (Å²) in [6, 6.07) is 0.228. The number of rotatable bonds is 4. The predicted molar refractivity (Wildman–Crippen MR) is 75.7 cm³/mol. The third-order valence-electron chi connectivity index (χ3n) is 4.45. The average Bonchev–Trinajstić information content (AvgIpc) is 2.44. The maximum absolute atomic E-state index is 12.5. The van der Waals surface area contributed by atoms with Gasteiger partial charge in [-0.05, 0) is 44.9 Å². The van der Waals surface area contributed by atoms with Crippen LogP contribution in [0, 0.1) is 11.8 Å². The number of nitrogens with two attached hydrogens (primary N) is 1. The molecule has 19 heavy (non-hydrogen) atoms. The number of carbonyl (C=O) groups is 1. The molecule has 1 heterocycles. The van der Waals surface area contributed by atoms with Gasteiger partial charge in [-0.15, -0.1) is 0 Å². The van der Waals surface area contributed by atoms with E-state index in [2.05, 4.69) is 4.90 Å². The van der Waals surface area contributed by atoms with E-state index < -0.39 is 0 Å². The highest BCUT2D eigenvalue weighted by Gasteiger charge is 2.31.